The Morgan fingerprint density at radius 3 is 1.00 bits per heavy atom. The smallest absolute Gasteiger partial charge is 0 e. The second-order valence-electron chi connectivity index (χ2n) is 0. The molecule has 0 atom stereocenters. The Balaban J connectivity index is 0. The van der Waals surface area contributed by atoms with E-state index in [0.717, 1.165) is 0 Å². The average molecular weight is 376 g/mol. The van der Waals surface area contributed by atoms with Crippen LogP contribution in [-0.2, 0) is 17.1 Å². The quantitative estimate of drug-likeness (QED) is 0.506. The molecule has 4 radical (unpaired) electrons. The zero-order valence-corrected chi connectivity index (χ0v) is 7.98. The molecule has 4 heavy (non-hydrogen) atoms. The van der Waals surface area contributed by atoms with Gasteiger partial charge in [-0.25, -0.2) is 0 Å². The minimum atomic E-state index is 0. The fraction of sp³-hybridized carbons (Fsp3) is 0. The molecule has 0 amide bonds. The van der Waals surface area contributed by atoms with Gasteiger partial charge < -0.3 is 0 Å². The van der Waals surface area contributed by atoms with Crippen LogP contribution in [0.1, 0.15) is 0 Å². The number of rotatable bonds is 0. The SMILES string of the molecule is [B].[Fe].[Ho].[Nd]. The van der Waals surface area contributed by atoms with E-state index < -0.39 is 0 Å². The molecule has 0 spiro atoms. The van der Waals surface area contributed by atoms with Gasteiger partial charge in [0.2, 0.25) is 0 Å². The molecule has 0 nitrogen and oxygen atoms in total. The van der Waals surface area contributed by atoms with Gasteiger partial charge in [0.1, 0.15) is 0 Å². The molecular formula is BFeHoNd. The van der Waals surface area contributed by atoms with Crippen molar-refractivity contribution in [1.82, 2.24) is 0 Å². The molecule has 26 valence electrons. The Kier molecular flexibility index (Phi) is 111. The van der Waals surface area contributed by atoms with Gasteiger partial charge in [0, 0.05) is 104 Å². The second-order valence-corrected chi connectivity index (χ2v) is 0. The van der Waals surface area contributed by atoms with E-state index in [2.05, 4.69) is 0 Å². The Labute approximate surface area is 101 Å². The van der Waals surface area contributed by atoms with Gasteiger partial charge in [-0.2, -0.15) is 0 Å². The second kappa shape index (κ2) is 16.4. The van der Waals surface area contributed by atoms with Crippen LogP contribution in [0.15, 0.2) is 0 Å². The topological polar surface area (TPSA) is 0 Å². The van der Waals surface area contributed by atoms with E-state index in [1.165, 1.54) is 0 Å². The molecule has 0 bridgehead atoms. The minimum Gasteiger partial charge on any atom is 0 e. The third-order valence-electron chi connectivity index (χ3n) is 0. The number of hydrogen-bond donors (Lipinski definition) is 0. The summed E-state index contributed by atoms with van der Waals surface area (Å²) in [5.74, 6) is 0. The Bertz CT molecular complexity index is 8.00. The first-order valence-corrected chi connectivity index (χ1v) is 0. The fourth-order valence-electron chi connectivity index (χ4n) is 0. The molecule has 0 saturated carbocycles. The van der Waals surface area contributed by atoms with Crippen LogP contribution in [0.3, 0.4) is 0 Å². The van der Waals surface area contributed by atoms with Gasteiger partial charge in [-0.3, -0.25) is 0 Å². The fourth-order valence-corrected chi connectivity index (χ4v) is 0. The zero-order chi connectivity index (χ0) is 0. The van der Waals surface area contributed by atoms with E-state index in [0.29, 0.717) is 0 Å². The maximum absolute atomic E-state index is 0. The summed E-state index contributed by atoms with van der Waals surface area (Å²) >= 11 is 0. The molecule has 0 fully saturated rings. The van der Waals surface area contributed by atoms with Crippen LogP contribution >= 0.6 is 0 Å². The van der Waals surface area contributed by atoms with E-state index in [1.54, 1.807) is 0 Å². The molecule has 0 aliphatic carbocycles. The largest absolute Gasteiger partial charge is 0 e. The summed E-state index contributed by atoms with van der Waals surface area (Å²) in [4.78, 5) is 0. The van der Waals surface area contributed by atoms with Gasteiger partial charge in [0.15, 0.2) is 0 Å². The van der Waals surface area contributed by atoms with Gasteiger partial charge in [-0.15, -0.1) is 0 Å². The van der Waals surface area contributed by atoms with E-state index in [9.17, 15) is 0 Å². The molecule has 0 aromatic heterocycles. The van der Waals surface area contributed by atoms with Crippen molar-refractivity contribution in [2.24, 2.45) is 0 Å². The molecule has 0 unspecified atom stereocenters. The van der Waals surface area contributed by atoms with Crippen LogP contribution in [0, 0.1) is 78.6 Å². The van der Waals surface area contributed by atoms with Crippen molar-refractivity contribution in [2.75, 3.05) is 0 Å². The predicted molar refractivity (Wildman–Crippen MR) is 5.75 cm³/mol. The summed E-state index contributed by atoms with van der Waals surface area (Å²) in [7, 11) is 0. The van der Waals surface area contributed by atoms with Gasteiger partial charge in [-0.1, -0.05) is 0 Å². The van der Waals surface area contributed by atoms with Crippen molar-refractivity contribution < 1.29 is 95.6 Å². The minimum absolute atomic E-state index is 0. The van der Waals surface area contributed by atoms with Crippen molar-refractivity contribution >= 4 is 8.41 Å². The first-order chi connectivity index (χ1) is 0. The summed E-state index contributed by atoms with van der Waals surface area (Å²) in [5, 5.41) is 0. The van der Waals surface area contributed by atoms with Crippen LogP contribution in [0.2, 0.25) is 0 Å². The number of hydrogen-bond acceptors (Lipinski definition) is 0. The third kappa shape index (κ3) is 8.96. The monoisotopic (exact) mass is 374 g/mol. The Hall–Kier alpha value is 3.19. The van der Waals surface area contributed by atoms with Gasteiger partial charge in [-0.05, 0) is 0 Å². The molecule has 0 aliphatic heterocycles. The summed E-state index contributed by atoms with van der Waals surface area (Å²) in [6, 6.07) is 0. The first kappa shape index (κ1) is 27.1. The van der Waals surface area contributed by atoms with Crippen LogP contribution in [0.5, 0.6) is 0 Å². The van der Waals surface area contributed by atoms with Gasteiger partial charge in [0.05, 0.1) is 0 Å². The summed E-state index contributed by atoms with van der Waals surface area (Å²) in [5.41, 5.74) is 0. The molecule has 0 N–H and O–H groups in total. The maximum atomic E-state index is 0. The summed E-state index contributed by atoms with van der Waals surface area (Å²) < 4.78 is 0. The van der Waals surface area contributed by atoms with E-state index >= 15 is 0 Å². The van der Waals surface area contributed by atoms with Crippen molar-refractivity contribution in [3.63, 3.8) is 0 Å². The normalized spacial score (nSPS) is 0. The first-order valence-electron chi connectivity index (χ1n) is 0. The van der Waals surface area contributed by atoms with Gasteiger partial charge in [0.25, 0.3) is 0 Å². The van der Waals surface area contributed by atoms with Gasteiger partial charge >= 0.3 is 0 Å². The summed E-state index contributed by atoms with van der Waals surface area (Å²) in [6.07, 6.45) is 0. The maximum Gasteiger partial charge on any atom is 0 e. The van der Waals surface area contributed by atoms with Crippen molar-refractivity contribution in [3.05, 3.63) is 0 Å². The molecule has 4 heteroatoms. The molecule has 0 rings (SSSR count). The van der Waals surface area contributed by atoms with Crippen molar-refractivity contribution in [2.45, 2.75) is 0 Å². The standard InChI is InChI=1S/B.Fe.Ho.Nd. The molecule has 0 aromatic carbocycles. The zero-order valence-electron chi connectivity index (χ0n) is 1.73. The average Bonchev–Trinajstić information content (AvgIpc) is 0. The van der Waals surface area contributed by atoms with Crippen LogP contribution in [0.25, 0.3) is 0 Å². The molecule has 0 saturated heterocycles. The van der Waals surface area contributed by atoms with Crippen LogP contribution in [-0.4, -0.2) is 8.41 Å². The van der Waals surface area contributed by atoms with Crippen molar-refractivity contribution in [1.29, 1.82) is 0 Å². The van der Waals surface area contributed by atoms with E-state index in [4.69, 9.17) is 0 Å². The van der Waals surface area contributed by atoms with Crippen LogP contribution < -0.4 is 0 Å². The Morgan fingerprint density at radius 2 is 1.00 bits per heavy atom. The predicted octanol–water partition coefficient (Wildman–Crippen LogP) is -0.383. The van der Waals surface area contributed by atoms with Crippen molar-refractivity contribution in [3.8, 4) is 0 Å². The molecule has 0 aliphatic rings. The summed E-state index contributed by atoms with van der Waals surface area (Å²) in [6.45, 7) is 0. The van der Waals surface area contributed by atoms with Crippen LogP contribution in [0.4, 0.5) is 0 Å². The Morgan fingerprint density at radius 1 is 1.00 bits per heavy atom. The molecule has 0 heterocycles. The third-order valence-corrected chi connectivity index (χ3v) is 0. The molecular weight excluding hydrogens is 376 g/mol. The van der Waals surface area contributed by atoms with E-state index in [1.807, 2.05) is 0 Å². The molecule has 0 aromatic rings. The van der Waals surface area contributed by atoms with E-state index in [-0.39, 0.29) is 104 Å².